The summed E-state index contributed by atoms with van der Waals surface area (Å²) in [6.07, 6.45) is 3.29. The highest BCUT2D eigenvalue weighted by Crippen LogP contribution is 2.36. The van der Waals surface area contributed by atoms with Crippen LogP contribution in [-0.4, -0.2) is 33.1 Å². The van der Waals surface area contributed by atoms with Gasteiger partial charge in [0.2, 0.25) is 5.91 Å². The van der Waals surface area contributed by atoms with Crippen molar-refractivity contribution in [3.8, 4) is 11.3 Å². The molecule has 1 N–H and O–H groups in total. The first-order valence-corrected chi connectivity index (χ1v) is 9.30. The molecule has 0 saturated heterocycles. The largest absolute Gasteiger partial charge is 0.324 e. The van der Waals surface area contributed by atoms with E-state index in [1.165, 1.54) is 17.0 Å². The first-order valence-electron chi connectivity index (χ1n) is 8.92. The Morgan fingerprint density at radius 1 is 1.31 bits per heavy atom. The van der Waals surface area contributed by atoms with Crippen molar-refractivity contribution < 1.29 is 14.0 Å². The Kier molecular flexibility index (Phi) is 4.79. The Morgan fingerprint density at radius 3 is 2.86 bits per heavy atom. The van der Waals surface area contributed by atoms with E-state index in [0.717, 1.165) is 11.8 Å². The van der Waals surface area contributed by atoms with Gasteiger partial charge in [0.05, 0.1) is 16.4 Å². The van der Waals surface area contributed by atoms with Crippen molar-refractivity contribution in [2.75, 3.05) is 16.8 Å². The molecular formula is C20H17ClFN5O2. The smallest absolute Gasteiger partial charge is 0.252 e. The van der Waals surface area contributed by atoms with Gasteiger partial charge in [0.1, 0.15) is 18.4 Å². The second-order valence-corrected chi connectivity index (χ2v) is 7.19. The summed E-state index contributed by atoms with van der Waals surface area (Å²) >= 11 is 5.68. The lowest BCUT2D eigenvalue weighted by atomic mass is 10.1. The molecule has 1 aromatic carbocycles. The fourth-order valence-electron chi connectivity index (χ4n) is 3.33. The van der Waals surface area contributed by atoms with E-state index in [9.17, 15) is 14.0 Å². The first-order chi connectivity index (χ1) is 13.8. The molecule has 1 aliphatic heterocycles. The van der Waals surface area contributed by atoms with Crippen LogP contribution in [0.2, 0.25) is 5.02 Å². The number of anilines is 2. The lowest BCUT2D eigenvalue weighted by molar-refractivity contribution is -0.123. The molecule has 29 heavy (non-hydrogen) atoms. The zero-order chi connectivity index (χ0) is 20.7. The number of nitrogens with zero attached hydrogens (tertiary/aromatic N) is 4. The second kappa shape index (κ2) is 7.29. The highest BCUT2D eigenvalue weighted by atomic mass is 35.5. The summed E-state index contributed by atoms with van der Waals surface area (Å²) < 4.78 is 15.3. The van der Waals surface area contributed by atoms with Crippen molar-refractivity contribution >= 4 is 34.8 Å². The fourth-order valence-corrected chi connectivity index (χ4v) is 3.45. The van der Waals surface area contributed by atoms with Crippen LogP contribution in [0, 0.1) is 12.7 Å². The third-order valence-corrected chi connectivity index (χ3v) is 5.06. The molecule has 2 aromatic heterocycles. The predicted molar refractivity (Wildman–Crippen MR) is 107 cm³/mol. The van der Waals surface area contributed by atoms with Crippen molar-refractivity contribution in [1.82, 2.24) is 14.8 Å². The third-order valence-electron chi connectivity index (χ3n) is 4.75. The summed E-state index contributed by atoms with van der Waals surface area (Å²) in [5.74, 6) is -1.38. The van der Waals surface area contributed by atoms with E-state index >= 15 is 0 Å². The second-order valence-electron chi connectivity index (χ2n) is 6.78. The van der Waals surface area contributed by atoms with Crippen LogP contribution in [0.15, 0.2) is 42.7 Å². The molecule has 1 atom stereocenters. The van der Waals surface area contributed by atoms with E-state index in [-0.39, 0.29) is 23.2 Å². The molecule has 0 spiro atoms. The number of hydrogen-bond donors (Lipinski definition) is 1. The van der Waals surface area contributed by atoms with Gasteiger partial charge in [-0.25, -0.2) is 4.39 Å². The van der Waals surface area contributed by atoms with Gasteiger partial charge in [-0.3, -0.25) is 19.3 Å². The van der Waals surface area contributed by atoms with Crippen molar-refractivity contribution in [3.05, 3.63) is 59.3 Å². The van der Waals surface area contributed by atoms with E-state index in [0.29, 0.717) is 16.9 Å². The van der Waals surface area contributed by atoms with Crippen LogP contribution >= 0.6 is 11.6 Å². The van der Waals surface area contributed by atoms with Crippen LogP contribution < -0.4 is 10.2 Å². The molecule has 0 fully saturated rings. The molecule has 0 aliphatic carbocycles. The van der Waals surface area contributed by atoms with Crippen LogP contribution in [0.4, 0.5) is 15.8 Å². The summed E-state index contributed by atoms with van der Waals surface area (Å²) in [6.45, 7) is 3.30. The van der Waals surface area contributed by atoms with Crippen LogP contribution in [-0.2, 0) is 9.59 Å². The zero-order valence-corrected chi connectivity index (χ0v) is 16.4. The molecule has 4 rings (SSSR count). The van der Waals surface area contributed by atoms with E-state index in [4.69, 9.17) is 11.6 Å². The van der Waals surface area contributed by atoms with Crippen molar-refractivity contribution in [2.24, 2.45) is 0 Å². The molecule has 148 valence electrons. The number of fused-ring (bicyclic) bond motifs is 3. The van der Waals surface area contributed by atoms with Gasteiger partial charge in [-0.2, -0.15) is 5.10 Å². The Morgan fingerprint density at radius 2 is 2.10 bits per heavy atom. The maximum absolute atomic E-state index is 13.6. The topological polar surface area (TPSA) is 80.1 Å². The number of amides is 2. The summed E-state index contributed by atoms with van der Waals surface area (Å²) in [7, 11) is 0. The maximum Gasteiger partial charge on any atom is 0.252 e. The van der Waals surface area contributed by atoms with Gasteiger partial charge in [-0.1, -0.05) is 11.6 Å². The van der Waals surface area contributed by atoms with Crippen LogP contribution in [0.25, 0.3) is 11.3 Å². The molecule has 0 saturated carbocycles. The van der Waals surface area contributed by atoms with Crippen molar-refractivity contribution in [3.63, 3.8) is 0 Å². The summed E-state index contributed by atoms with van der Waals surface area (Å²) in [5.41, 5.74) is 2.99. The minimum atomic E-state index is -0.638. The van der Waals surface area contributed by atoms with Crippen LogP contribution in [0.5, 0.6) is 0 Å². The minimum absolute atomic E-state index is 0.0363. The molecule has 2 amide bonds. The average molecular weight is 414 g/mol. The number of carbonyl (C=O) groups is 2. The number of halogens is 2. The lowest BCUT2D eigenvalue weighted by Crippen LogP contribution is -2.41. The molecule has 1 aliphatic rings. The Hall–Kier alpha value is -3.26. The monoisotopic (exact) mass is 413 g/mol. The van der Waals surface area contributed by atoms with Gasteiger partial charge in [-0.15, -0.1) is 0 Å². The Balaban J connectivity index is 1.68. The molecular weight excluding hydrogens is 397 g/mol. The number of carbonyl (C=O) groups excluding carboxylic acids is 2. The fraction of sp³-hybridized carbons (Fsp3) is 0.200. The number of rotatable bonds is 3. The first kappa shape index (κ1) is 19.1. The normalized spacial score (nSPS) is 15.5. The van der Waals surface area contributed by atoms with Gasteiger partial charge in [-0.05, 0) is 44.2 Å². The van der Waals surface area contributed by atoms with Crippen molar-refractivity contribution in [2.45, 2.75) is 19.9 Å². The lowest BCUT2D eigenvalue weighted by Gasteiger charge is -2.24. The SMILES string of the molecule is Cc1cc2c(cn1)-c1ccnn1[C@@H](C)C(=O)N2CC(=O)Nc1ccc(Cl)c(F)c1. The quantitative estimate of drug-likeness (QED) is 0.711. The van der Waals surface area contributed by atoms with E-state index in [2.05, 4.69) is 15.4 Å². The zero-order valence-electron chi connectivity index (χ0n) is 15.7. The van der Waals surface area contributed by atoms with Crippen LogP contribution in [0.1, 0.15) is 18.7 Å². The highest BCUT2D eigenvalue weighted by molar-refractivity contribution is 6.30. The summed E-state index contributed by atoms with van der Waals surface area (Å²) in [6, 6.07) is 6.94. The number of benzene rings is 1. The van der Waals surface area contributed by atoms with Crippen molar-refractivity contribution in [1.29, 1.82) is 0 Å². The number of nitrogens with one attached hydrogen (secondary N) is 1. The molecule has 9 heteroatoms. The molecule has 7 nitrogen and oxygen atoms in total. The predicted octanol–water partition coefficient (Wildman–Crippen LogP) is 3.59. The van der Waals surface area contributed by atoms with Gasteiger partial charge >= 0.3 is 0 Å². The number of aromatic nitrogens is 3. The molecule has 3 heterocycles. The Labute approximate surface area is 171 Å². The minimum Gasteiger partial charge on any atom is -0.324 e. The van der Waals surface area contributed by atoms with Gasteiger partial charge in [0.15, 0.2) is 0 Å². The van der Waals surface area contributed by atoms with E-state index in [1.807, 2.05) is 6.92 Å². The van der Waals surface area contributed by atoms with E-state index < -0.39 is 17.8 Å². The average Bonchev–Trinajstić information content (AvgIpc) is 3.15. The molecule has 0 radical (unpaired) electrons. The Bertz CT molecular complexity index is 1130. The number of aryl methyl sites for hydroxylation is 1. The molecule has 0 bridgehead atoms. The third kappa shape index (κ3) is 3.47. The van der Waals surface area contributed by atoms with Gasteiger partial charge in [0.25, 0.3) is 5.91 Å². The van der Waals surface area contributed by atoms with Gasteiger partial charge in [0, 0.05) is 29.3 Å². The number of hydrogen-bond acceptors (Lipinski definition) is 4. The standard InChI is InChI=1S/C20H17ClFN5O2/c1-11-7-18-14(9-23-11)17-5-6-24-27(17)12(2)20(29)26(18)10-19(28)25-13-3-4-15(21)16(22)8-13/h3-9,12H,10H2,1-2H3,(H,25,28)/t12-/m0/s1. The molecule has 0 unspecified atom stereocenters. The van der Waals surface area contributed by atoms with Crippen LogP contribution in [0.3, 0.4) is 0 Å². The van der Waals surface area contributed by atoms with E-state index in [1.54, 1.807) is 36.1 Å². The highest BCUT2D eigenvalue weighted by Gasteiger charge is 2.33. The number of pyridine rings is 1. The summed E-state index contributed by atoms with van der Waals surface area (Å²) in [5, 5.41) is 6.82. The molecule has 3 aromatic rings. The van der Waals surface area contributed by atoms with Gasteiger partial charge < -0.3 is 10.2 Å². The summed E-state index contributed by atoms with van der Waals surface area (Å²) in [4.78, 5) is 31.5. The maximum atomic E-state index is 13.6.